The highest BCUT2D eigenvalue weighted by Gasteiger charge is 2.30. The van der Waals surface area contributed by atoms with Crippen LogP contribution >= 0.6 is 0 Å². The minimum absolute atomic E-state index is 0.0690. The monoisotopic (exact) mass is 245 g/mol. The number of aryl methyl sites for hydroxylation is 1. The van der Waals surface area contributed by atoms with Gasteiger partial charge in [-0.1, -0.05) is 0 Å². The first-order valence-electron chi connectivity index (χ1n) is 5.14. The average Bonchev–Trinajstić information content (AvgIpc) is 2.50. The van der Waals surface area contributed by atoms with Gasteiger partial charge in [-0.2, -0.15) is 0 Å². The Balaban J connectivity index is 2.48. The van der Waals surface area contributed by atoms with Crippen LogP contribution in [0.2, 0.25) is 0 Å². The minimum atomic E-state index is -3.04. The normalized spacial score (nSPS) is 20.4. The predicted octanol–water partition coefficient (Wildman–Crippen LogP) is 0.0510. The standard InChI is InChI=1S/C10H15NO4S/c1-6-10(8(12)4-11)7-2-3-16(13,14)5-9(7)15-6/h8,12H,2-5,11H2,1H3. The van der Waals surface area contributed by atoms with E-state index in [2.05, 4.69) is 0 Å². The summed E-state index contributed by atoms with van der Waals surface area (Å²) in [6.45, 7) is 1.83. The SMILES string of the molecule is Cc1oc2c(c1C(O)CN)CCS(=O)(=O)C2. The third kappa shape index (κ3) is 1.88. The Morgan fingerprint density at radius 1 is 1.56 bits per heavy atom. The van der Waals surface area contributed by atoms with Crippen molar-refractivity contribution < 1.29 is 17.9 Å². The fraction of sp³-hybridized carbons (Fsp3) is 0.600. The highest BCUT2D eigenvalue weighted by atomic mass is 32.2. The van der Waals surface area contributed by atoms with Crippen LogP contribution in [0, 0.1) is 6.92 Å². The quantitative estimate of drug-likeness (QED) is 0.768. The number of sulfone groups is 1. The molecule has 1 aromatic rings. The summed E-state index contributed by atoms with van der Waals surface area (Å²) in [7, 11) is -3.04. The van der Waals surface area contributed by atoms with Crippen molar-refractivity contribution in [3.05, 3.63) is 22.6 Å². The number of hydrogen-bond donors (Lipinski definition) is 2. The number of hydrogen-bond acceptors (Lipinski definition) is 5. The van der Waals surface area contributed by atoms with E-state index in [-0.39, 0.29) is 18.1 Å². The summed E-state index contributed by atoms with van der Waals surface area (Å²) in [5, 5.41) is 9.75. The molecule has 16 heavy (non-hydrogen) atoms. The van der Waals surface area contributed by atoms with Gasteiger partial charge in [-0.05, 0) is 13.3 Å². The Morgan fingerprint density at radius 2 is 2.25 bits per heavy atom. The molecule has 0 bridgehead atoms. The maximum absolute atomic E-state index is 11.4. The van der Waals surface area contributed by atoms with Gasteiger partial charge >= 0.3 is 0 Å². The van der Waals surface area contributed by atoms with Gasteiger partial charge in [-0.15, -0.1) is 0 Å². The zero-order valence-corrected chi connectivity index (χ0v) is 9.88. The van der Waals surface area contributed by atoms with Gasteiger partial charge in [0.15, 0.2) is 9.84 Å². The van der Waals surface area contributed by atoms with Gasteiger partial charge in [0.05, 0.1) is 11.9 Å². The maximum Gasteiger partial charge on any atom is 0.157 e. The van der Waals surface area contributed by atoms with Crippen LogP contribution in [0.5, 0.6) is 0 Å². The van der Waals surface area contributed by atoms with E-state index in [1.807, 2.05) is 0 Å². The van der Waals surface area contributed by atoms with Crippen LogP contribution in [-0.4, -0.2) is 25.8 Å². The van der Waals surface area contributed by atoms with Crippen LogP contribution in [0.25, 0.3) is 0 Å². The lowest BCUT2D eigenvalue weighted by molar-refractivity contribution is 0.184. The van der Waals surface area contributed by atoms with Crippen LogP contribution in [0.15, 0.2) is 4.42 Å². The number of rotatable bonds is 2. The van der Waals surface area contributed by atoms with E-state index >= 15 is 0 Å². The summed E-state index contributed by atoms with van der Waals surface area (Å²) >= 11 is 0. The van der Waals surface area contributed by atoms with E-state index < -0.39 is 15.9 Å². The molecule has 90 valence electrons. The van der Waals surface area contributed by atoms with Crippen molar-refractivity contribution in [2.45, 2.75) is 25.2 Å². The van der Waals surface area contributed by atoms with Crippen molar-refractivity contribution in [2.24, 2.45) is 5.73 Å². The summed E-state index contributed by atoms with van der Waals surface area (Å²) in [6.07, 6.45) is -0.366. The summed E-state index contributed by atoms with van der Waals surface area (Å²) in [6, 6.07) is 0. The van der Waals surface area contributed by atoms with Crippen LogP contribution in [0.1, 0.15) is 28.8 Å². The third-order valence-electron chi connectivity index (χ3n) is 2.89. The topological polar surface area (TPSA) is 93.5 Å². The molecule has 0 fully saturated rings. The highest BCUT2D eigenvalue weighted by molar-refractivity contribution is 7.90. The van der Waals surface area contributed by atoms with Gasteiger partial charge < -0.3 is 15.3 Å². The molecule has 0 saturated carbocycles. The lowest BCUT2D eigenvalue weighted by Gasteiger charge is -2.14. The van der Waals surface area contributed by atoms with Gasteiger partial charge in [-0.3, -0.25) is 0 Å². The molecule has 2 rings (SSSR count). The zero-order chi connectivity index (χ0) is 11.9. The molecule has 0 spiro atoms. The molecule has 1 aromatic heterocycles. The second-order valence-corrected chi connectivity index (χ2v) is 6.25. The number of fused-ring (bicyclic) bond motifs is 1. The second kappa shape index (κ2) is 3.87. The molecule has 0 aliphatic carbocycles. The van der Waals surface area contributed by atoms with Gasteiger partial charge in [0.25, 0.3) is 0 Å². The first-order chi connectivity index (χ1) is 7.44. The number of nitrogens with two attached hydrogens (primary N) is 1. The van der Waals surface area contributed by atoms with Crippen molar-refractivity contribution in [1.82, 2.24) is 0 Å². The first-order valence-corrected chi connectivity index (χ1v) is 6.96. The van der Waals surface area contributed by atoms with Gasteiger partial charge in [-0.25, -0.2) is 8.42 Å². The van der Waals surface area contributed by atoms with E-state index in [1.165, 1.54) is 0 Å². The molecule has 1 atom stereocenters. The summed E-state index contributed by atoms with van der Waals surface area (Å²) < 4.78 is 28.3. The number of furan rings is 1. The molecule has 0 aromatic carbocycles. The fourth-order valence-corrected chi connectivity index (χ4v) is 3.43. The zero-order valence-electron chi connectivity index (χ0n) is 9.06. The summed E-state index contributed by atoms with van der Waals surface area (Å²) in [5.74, 6) is 1.08. The Bertz CT molecular complexity index is 503. The van der Waals surface area contributed by atoms with Gasteiger partial charge in [0.1, 0.15) is 17.3 Å². The molecule has 0 radical (unpaired) electrons. The van der Waals surface area contributed by atoms with Crippen LogP contribution in [0.3, 0.4) is 0 Å². The smallest absolute Gasteiger partial charge is 0.157 e. The van der Waals surface area contributed by atoms with Crippen molar-refractivity contribution in [3.8, 4) is 0 Å². The first kappa shape index (κ1) is 11.6. The molecule has 0 saturated heterocycles. The minimum Gasteiger partial charge on any atom is -0.465 e. The van der Waals surface area contributed by atoms with E-state index in [4.69, 9.17) is 10.2 Å². The molecule has 0 amide bonds. The molecule has 5 nitrogen and oxygen atoms in total. The molecule has 1 aliphatic heterocycles. The van der Waals surface area contributed by atoms with E-state index in [9.17, 15) is 13.5 Å². The molecular formula is C10H15NO4S. The van der Waals surface area contributed by atoms with Crippen molar-refractivity contribution >= 4 is 9.84 Å². The largest absolute Gasteiger partial charge is 0.465 e. The lowest BCUT2D eigenvalue weighted by Crippen LogP contribution is -2.20. The van der Waals surface area contributed by atoms with Crippen LogP contribution in [0.4, 0.5) is 0 Å². The Hall–Kier alpha value is -0.850. The molecule has 1 unspecified atom stereocenters. The lowest BCUT2D eigenvalue weighted by atomic mass is 10.0. The Morgan fingerprint density at radius 3 is 2.88 bits per heavy atom. The molecule has 6 heteroatoms. The van der Waals surface area contributed by atoms with Crippen LogP contribution < -0.4 is 5.73 Å². The number of aliphatic hydroxyl groups is 1. The molecule has 2 heterocycles. The van der Waals surface area contributed by atoms with Crippen molar-refractivity contribution in [3.63, 3.8) is 0 Å². The second-order valence-electron chi connectivity index (χ2n) is 4.07. The predicted molar refractivity (Wildman–Crippen MR) is 58.7 cm³/mol. The van der Waals surface area contributed by atoms with Crippen molar-refractivity contribution in [2.75, 3.05) is 12.3 Å². The Labute approximate surface area is 94.2 Å². The van der Waals surface area contributed by atoms with E-state index in [0.717, 1.165) is 5.56 Å². The van der Waals surface area contributed by atoms with E-state index in [0.29, 0.717) is 23.5 Å². The molecule has 1 aliphatic rings. The summed E-state index contributed by atoms with van der Waals surface area (Å²) in [5.41, 5.74) is 6.91. The molecular weight excluding hydrogens is 230 g/mol. The molecule has 3 N–H and O–H groups in total. The van der Waals surface area contributed by atoms with Gasteiger partial charge in [0.2, 0.25) is 0 Å². The third-order valence-corrected chi connectivity index (χ3v) is 4.42. The maximum atomic E-state index is 11.4. The van der Waals surface area contributed by atoms with Crippen molar-refractivity contribution in [1.29, 1.82) is 0 Å². The Kier molecular flexibility index (Phi) is 2.81. The van der Waals surface area contributed by atoms with Gasteiger partial charge in [0, 0.05) is 17.7 Å². The fourth-order valence-electron chi connectivity index (χ4n) is 2.14. The average molecular weight is 245 g/mol. The highest BCUT2D eigenvalue weighted by Crippen LogP contribution is 2.32. The van der Waals surface area contributed by atoms with E-state index in [1.54, 1.807) is 6.92 Å². The number of aliphatic hydroxyl groups excluding tert-OH is 1. The van der Waals surface area contributed by atoms with Crippen LogP contribution in [-0.2, 0) is 22.0 Å². The summed E-state index contributed by atoms with van der Waals surface area (Å²) in [4.78, 5) is 0.